The first-order valence-corrected chi connectivity index (χ1v) is 6.21. The summed E-state index contributed by atoms with van der Waals surface area (Å²) in [4.78, 5) is 12.7. The number of nitrogen functional groups attached to an aromatic ring is 1. The van der Waals surface area contributed by atoms with Crippen LogP contribution in [0, 0.1) is 6.92 Å². The van der Waals surface area contributed by atoms with Crippen LogP contribution in [0.1, 0.15) is 4.88 Å². The number of nitrogens with two attached hydrogens (primary N) is 1. The lowest BCUT2D eigenvalue weighted by atomic mass is 10.1. The Balaban J connectivity index is 2.35. The second-order valence-corrected chi connectivity index (χ2v) is 5.32. The van der Waals surface area contributed by atoms with Crippen molar-refractivity contribution in [1.29, 1.82) is 0 Å². The van der Waals surface area contributed by atoms with Gasteiger partial charge in [0.15, 0.2) is 5.13 Å². The number of hydrogen-bond acceptors (Lipinski definition) is 4. The van der Waals surface area contributed by atoms with Gasteiger partial charge in [-0.2, -0.15) is 0 Å². The van der Waals surface area contributed by atoms with Gasteiger partial charge in [-0.15, -0.1) is 11.3 Å². The van der Waals surface area contributed by atoms with Crippen molar-refractivity contribution in [3.8, 4) is 11.3 Å². The van der Waals surface area contributed by atoms with Crippen molar-refractivity contribution in [1.82, 2.24) is 15.0 Å². The summed E-state index contributed by atoms with van der Waals surface area (Å²) in [5.41, 5.74) is 8.30. The highest BCUT2D eigenvalue weighted by Gasteiger charge is 2.15. The molecule has 0 unspecified atom stereocenters. The number of pyridine rings is 1. The van der Waals surface area contributed by atoms with E-state index in [1.54, 1.807) is 12.3 Å². The third-order valence-corrected chi connectivity index (χ3v) is 3.71. The highest BCUT2D eigenvalue weighted by Crippen LogP contribution is 2.36. The molecule has 0 saturated carbocycles. The molecule has 0 spiro atoms. The van der Waals surface area contributed by atoms with Crippen molar-refractivity contribution < 1.29 is 0 Å². The lowest BCUT2D eigenvalue weighted by Gasteiger charge is -1.98. The van der Waals surface area contributed by atoms with Gasteiger partial charge in [0.1, 0.15) is 5.65 Å². The summed E-state index contributed by atoms with van der Waals surface area (Å²) in [6.07, 6.45) is 3.54. The van der Waals surface area contributed by atoms with Crippen molar-refractivity contribution in [2.75, 3.05) is 5.73 Å². The number of nitrogens with zero attached hydrogens (tertiary/aromatic N) is 2. The molecular weight excluding hydrogens is 256 g/mol. The molecule has 3 rings (SSSR count). The minimum Gasteiger partial charge on any atom is -0.375 e. The summed E-state index contributed by atoms with van der Waals surface area (Å²) in [5.74, 6) is 0. The molecular formula is C11H9ClN4S. The first-order valence-electron chi connectivity index (χ1n) is 5.01. The molecule has 86 valence electrons. The van der Waals surface area contributed by atoms with Crippen LogP contribution in [0.4, 0.5) is 5.13 Å². The highest BCUT2D eigenvalue weighted by molar-refractivity contribution is 7.15. The minimum absolute atomic E-state index is 0.562. The van der Waals surface area contributed by atoms with Crippen LogP contribution >= 0.6 is 22.9 Å². The Morgan fingerprint density at radius 3 is 3.00 bits per heavy atom. The molecule has 6 heteroatoms. The summed E-state index contributed by atoms with van der Waals surface area (Å²) < 4.78 is 0. The SMILES string of the molecule is Cc1sc(N)nc1-c1c[nH]c2nccc(Cl)c12. The predicted molar refractivity (Wildman–Crippen MR) is 71.4 cm³/mol. The van der Waals surface area contributed by atoms with Gasteiger partial charge in [-0.1, -0.05) is 11.6 Å². The number of rotatable bonds is 1. The topological polar surface area (TPSA) is 67.6 Å². The van der Waals surface area contributed by atoms with Crippen LogP contribution in [-0.4, -0.2) is 15.0 Å². The normalized spacial score (nSPS) is 11.2. The number of H-pyrrole nitrogens is 1. The molecule has 3 heterocycles. The van der Waals surface area contributed by atoms with Crippen LogP contribution in [0.25, 0.3) is 22.3 Å². The zero-order valence-electron chi connectivity index (χ0n) is 8.99. The lowest BCUT2D eigenvalue weighted by Crippen LogP contribution is -1.83. The summed E-state index contributed by atoms with van der Waals surface area (Å²) >= 11 is 7.67. The third-order valence-electron chi connectivity index (χ3n) is 2.59. The predicted octanol–water partition coefficient (Wildman–Crippen LogP) is 3.23. The van der Waals surface area contributed by atoms with Gasteiger partial charge in [-0.25, -0.2) is 9.97 Å². The quantitative estimate of drug-likeness (QED) is 0.709. The number of hydrogen-bond donors (Lipinski definition) is 2. The molecule has 0 amide bonds. The number of aryl methyl sites for hydroxylation is 1. The molecule has 0 aliphatic heterocycles. The van der Waals surface area contributed by atoms with Crippen LogP contribution < -0.4 is 5.73 Å². The Bertz CT molecular complexity index is 701. The third kappa shape index (κ3) is 1.59. The number of aromatic nitrogens is 3. The number of nitrogens with one attached hydrogen (secondary N) is 1. The zero-order chi connectivity index (χ0) is 12.0. The first-order chi connectivity index (χ1) is 8.16. The van der Waals surface area contributed by atoms with E-state index in [0.717, 1.165) is 27.2 Å². The van der Waals surface area contributed by atoms with E-state index in [0.29, 0.717) is 10.2 Å². The number of halogens is 1. The van der Waals surface area contributed by atoms with Gasteiger partial charge < -0.3 is 10.7 Å². The Labute approximate surface area is 106 Å². The number of thiazole rings is 1. The molecule has 4 nitrogen and oxygen atoms in total. The fourth-order valence-electron chi connectivity index (χ4n) is 1.87. The van der Waals surface area contributed by atoms with Gasteiger partial charge >= 0.3 is 0 Å². The Morgan fingerprint density at radius 1 is 1.47 bits per heavy atom. The molecule has 0 bridgehead atoms. The van der Waals surface area contributed by atoms with Crippen LogP contribution in [0.2, 0.25) is 5.02 Å². The van der Waals surface area contributed by atoms with Crippen LogP contribution in [0.15, 0.2) is 18.5 Å². The van der Waals surface area contributed by atoms with Gasteiger partial charge in [0.25, 0.3) is 0 Å². The maximum absolute atomic E-state index is 6.20. The van der Waals surface area contributed by atoms with Gasteiger partial charge in [0.2, 0.25) is 0 Å². The summed E-state index contributed by atoms with van der Waals surface area (Å²) in [6.45, 7) is 1.99. The minimum atomic E-state index is 0.562. The average molecular weight is 265 g/mol. The van der Waals surface area contributed by atoms with Gasteiger partial charge in [-0.3, -0.25) is 0 Å². The summed E-state index contributed by atoms with van der Waals surface area (Å²) in [6, 6.07) is 1.77. The largest absolute Gasteiger partial charge is 0.375 e. The van der Waals surface area contributed by atoms with E-state index >= 15 is 0 Å². The van der Waals surface area contributed by atoms with Gasteiger partial charge in [0, 0.05) is 28.2 Å². The number of aromatic amines is 1. The molecule has 17 heavy (non-hydrogen) atoms. The van der Waals surface area contributed by atoms with Crippen LogP contribution in [-0.2, 0) is 0 Å². The Kier molecular flexibility index (Phi) is 2.31. The number of anilines is 1. The van der Waals surface area contributed by atoms with Gasteiger partial charge in [-0.05, 0) is 13.0 Å². The van der Waals surface area contributed by atoms with Crippen molar-refractivity contribution in [2.24, 2.45) is 0 Å². The standard InChI is InChI=1S/C11H9ClN4S/c1-5-9(16-11(13)17-5)6-4-15-10-8(6)7(12)2-3-14-10/h2-4H,1H3,(H2,13,16)(H,14,15). The van der Waals surface area contributed by atoms with Gasteiger partial charge in [0.05, 0.1) is 10.7 Å². The molecule has 0 fully saturated rings. The smallest absolute Gasteiger partial charge is 0.180 e. The average Bonchev–Trinajstić information content (AvgIpc) is 2.83. The van der Waals surface area contributed by atoms with Crippen molar-refractivity contribution in [2.45, 2.75) is 6.92 Å². The molecule has 3 N–H and O–H groups in total. The summed E-state index contributed by atoms with van der Waals surface area (Å²) in [5, 5.41) is 2.12. The maximum Gasteiger partial charge on any atom is 0.180 e. The summed E-state index contributed by atoms with van der Waals surface area (Å²) in [7, 11) is 0. The van der Waals surface area contributed by atoms with E-state index in [4.69, 9.17) is 17.3 Å². The molecule has 3 aromatic heterocycles. The van der Waals surface area contributed by atoms with E-state index < -0.39 is 0 Å². The van der Waals surface area contributed by atoms with E-state index in [1.165, 1.54) is 11.3 Å². The maximum atomic E-state index is 6.20. The van der Waals surface area contributed by atoms with Crippen molar-refractivity contribution in [3.63, 3.8) is 0 Å². The molecule has 0 saturated heterocycles. The molecule has 0 atom stereocenters. The van der Waals surface area contributed by atoms with Crippen molar-refractivity contribution in [3.05, 3.63) is 28.4 Å². The van der Waals surface area contributed by atoms with Crippen LogP contribution in [0.3, 0.4) is 0 Å². The lowest BCUT2D eigenvalue weighted by molar-refractivity contribution is 1.32. The van der Waals surface area contributed by atoms with Crippen LogP contribution in [0.5, 0.6) is 0 Å². The van der Waals surface area contributed by atoms with E-state index in [9.17, 15) is 0 Å². The van der Waals surface area contributed by atoms with E-state index in [1.807, 2.05) is 13.1 Å². The van der Waals surface area contributed by atoms with E-state index in [2.05, 4.69) is 15.0 Å². The molecule has 0 aromatic carbocycles. The number of fused-ring (bicyclic) bond motifs is 1. The fourth-order valence-corrected chi connectivity index (χ4v) is 2.82. The first kappa shape index (κ1) is 10.6. The zero-order valence-corrected chi connectivity index (χ0v) is 10.6. The van der Waals surface area contributed by atoms with E-state index in [-0.39, 0.29) is 0 Å². The second-order valence-electron chi connectivity index (χ2n) is 3.68. The Morgan fingerprint density at radius 2 is 2.29 bits per heavy atom. The fraction of sp³-hybridized carbons (Fsp3) is 0.0909. The highest BCUT2D eigenvalue weighted by atomic mass is 35.5. The monoisotopic (exact) mass is 264 g/mol. The molecule has 3 aromatic rings. The molecule has 0 aliphatic carbocycles. The molecule has 0 aliphatic rings. The van der Waals surface area contributed by atoms with Crippen molar-refractivity contribution >= 4 is 39.1 Å². The molecule has 0 radical (unpaired) electrons. The second kappa shape index (κ2) is 3.72. The Hall–Kier alpha value is -1.59.